The standard InChI is InChI=1S/C9H10N2O2/c10-7-8-3-1-4-11(9(8)13)5-2-6-12/h1,3-4,12H,2,5-6H2. The van der Waals surface area contributed by atoms with Crippen molar-refractivity contribution in [2.75, 3.05) is 6.61 Å². The number of nitrogens with zero attached hydrogens (tertiary/aromatic N) is 2. The molecule has 4 nitrogen and oxygen atoms in total. The lowest BCUT2D eigenvalue weighted by Gasteiger charge is -2.02. The van der Waals surface area contributed by atoms with Gasteiger partial charge >= 0.3 is 0 Å². The molecule has 1 rings (SSSR count). The molecule has 1 N–H and O–H groups in total. The minimum Gasteiger partial charge on any atom is -0.396 e. The van der Waals surface area contributed by atoms with E-state index in [1.54, 1.807) is 12.3 Å². The molecule has 68 valence electrons. The monoisotopic (exact) mass is 178 g/mol. The molecular formula is C9H10N2O2. The largest absolute Gasteiger partial charge is 0.396 e. The second-order valence-electron chi connectivity index (χ2n) is 2.61. The van der Waals surface area contributed by atoms with E-state index >= 15 is 0 Å². The Morgan fingerprint density at radius 3 is 3.00 bits per heavy atom. The molecule has 0 atom stereocenters. The van der Waals surface area contributed by atoms with Gasteiger partial charge in [-0.3, -0.25) is 4.79 Å². The molecule has 13 heavy (non-hydrogen) atoms. The Labute approximate surface area is 75.7 Å². The number of aliphatic hydroxyl groups excluding tert-OH is 1. The van der Waals surface area contributed by atoms with Crippen LogP contribution in [-0.4, -0.2) is 16.3 Å². The first kappa shape index (κ1) is 9.49. The van der Waals surface area contributed by atoms with Crippen molar-refractivity contribution in [1.82, 2.24) is 4.57 Å². The molecule has 0 aliphatic heterocycles. The van der Waals surface area contributed by atoms with Gasteiger partial charge in [0.2, 0.25) is 0 Å². The highest BCUT2D eigenvalue weighted by atomic mass is 16.3. The van der Waals surface area contributed by atoms with Crippen molar-refractivity contribution in [2.24, 2.45) is 0 Å². The predicted molar refractivity (Wildman–Crippen MR) is 47.1 cm³/mol. The molecule has 0 bridgehead atoms. The summed E-state index contributed by atoms with van der Waals surface area (Å²) in [6.07, 6.45) is 2.13. The normalized spacial score (nSPS) is 9.54. The lowest BCUT2D eigenvalue weighted by Crippen LogP contribution is -2.21. The number of hydrogen-bond donors (Lipinski definition) is 1. The third-order valence-electron chi connectivity index (χ3n) is 1.70. The molecule has 0 aliphatic rings. The van der Waals surface area contributed by atoms with Crippen molar-refractivity contribution in [3.8, 4) is 6.07 Å². The first-order chi connectivity index (χ1) is 6.29. The molecule has 4 heteroatoms. The summed E-state index contributed by atoms with van der Waals surface area (Å²) in [6.45, 7) is 0.494. The van der Waals surface area contributed by atoms with Gasteiger partial charge < -0.3 is 9.67 Å². The van der Waals surface area contributed by atoms with Crippen molar-refractivity contribution in [3.63, 3.8) is 0 Å². The molecular weight excluding hydrogens is 168 g/mol. The highest BCUT2D eigenvalue weighted by Crippen LogP contribution is 1.91. The second-order valence-corrected chi connectivity index (χ2v) is 2.61. The number of aliphatic hydroxyl groups is 1. The Balaban J connectivity index is 2.97. The Morgan fingerprint density at radius 1 is 1.62 bits per heavy atom. The third-order valence-corrected chi connectivity index (χ3v) is 1.70. The number of hydrogen-bond acceptors (Lipinski definition) is 3. The van der Waals surface area contributed by atoms with E-state index in [0.29, 0.717) is 13.0 Å². The van der Waals surface area contributed by atoms with E-state index in [4.69, 9.17) is 10.4 Å². The van der Waals surface area contributed by atoms with E-state index < -0.39 is 0 Å². The van der Waals surface area contributed by atoms with Gasteiger partial charge in [-0.15, -0.1) is 0 Å². The Kier molecular flexibility index (Phi) is 3.23. The number of nitriles is 1. The number of rotatable bonds is 3. The minimum absolute atomic E-state index is 0.0449. The van der Waals surface area contributed by atoms with Crippen molar-refractivity contribution in [2.45, 2.75) is 13.0 Å². The molecule has 0 radical (unpaired) electrons. The zero-order valence-corrected chi connectivity index (χ0v) is 7.10. The zero-order valence-electron chi connectivity index (χ0n) is 7.10. The lowest BCUT2D eigenvalue weighted by atomic mass is 10.3. The van der Waals surface area contributed by atoms with Crippen LogP contribution < -0.4 is 5.56 Å². The minimum atomic E-state index is -0.293. The summed E-state index contributed by atoms with van der Waals surface area (Å²) in [5.41, 5.74) is -0.154. The van der Waals surface area contributed by atoms with Crippen molar-refractivity contribution in [1.29, 1.82) is 5.26 Å². The fraction of sp³-hybridized carbons (Fsp3) is 0.333. The average molecular weight is 178 g/mol. The van der Waals surface area contributed by atoms with Gasteiger partial charge in [-0.2, -0.15) is 5.26 Å². The van der Waals surface area contributed by atoms with Gasteiger partial charge in [0, 0.05) is 19.3 Å². The van der Waals surface area contributed by atoms with Gasteiger partial charge in [0.05, 0.1) is 0 Å². The van der Waals surface area contributed by atoms with E-state index in [0.717, 1.165) is 0 Å². The van der Waals surface area contributed by atoms with E-state index in [2.05, 4.69) is 0 Å². The molecule has 0 spiro atoms. The van der Waals surface area contributed by atoms with Crippen LogP contribution in [-0.2, 0) is 6.54 Å². The fourth-order valence-electron chi connectivity index (χ4n) is 1.04. The Bertz CT molecular complexity index is 376. The van der Waals surface area contributed by atoms with Crippen LogP contribution >= 0.6 is 0 Å². The molecule has 0 unspecified atom stereocenters. The summed E-state index contributed by atoms with van der Waals surface area (Å²) in [5.74, 6) is 0. The Morgan fingerprint density at radius 2 is 2.38 bits per heavy atom. The summed E-state index contributed by atoms with van der Waals surface area (Å²) in [7, 11) is 0. The second kappa shape index (κ2) is 4.43. The maximum atomic E-state index is 11.4. The Hall–Kier alpha value is -1.60. The molecule has 0 saturated carbocycles. The highest BCUT2D eigenvalue weighted by Gasteiger charge is 2.00. The van der Waals surface area contributed by atoms with Gasteiger partial charge in [0.1, 0.15) is 11.6 Å². The van der Waals surface area contributed by atoms with E-state index in [1.165, 1.54) is 10.6 Å². The quantitative estimate of drug-likeness (QED) is 0.714. The van der Waals surface area contributed by atoms with Crippen molar-refractivity contribution < 1.29 is 5.11 Å². The summed E-state index contributed by atoms with van der Waals surface area (Å²) in [5, 5.41) is 17.1. The zero-order chi connectivity index (χ0) is 9.68. The summed E-state index contributed by atoms with van der Waals surface area (Å²) in [6, 6.07) is 4.95. The van der Waals surface area contributed by atoms with Crippen LogP contribution in [0, 0.1) is 11.3 Å². The first-order valence-corrected chi connectivity index (χ1v) is 4.00. The van der Waals surface area contributed by atoms with E-state index in [9.17, 15) is 4.79 Å². The fourth-order valence-corrected chi connectivity index (χ4v) is 1.04. The predicted octanol–water partition coefficient (Wildman–Crippen LogP) is 0.102. The van der Waals surface area contributed by atoms with Crippen LogP contribution in [0.15, 0.2) is 23.1 Å². The van der Waals surface area contributed by atoms with Crippen LogP contribution in [0.25, 0.3) is 0 Å². The molecule has 1 heterocycles. The number of aryl methyl sites for hydroxylation is 1. The van der Waals surface area contributed by atoms with Gasteiger partial charge in [0.15, 0.2) is 0 Å². The highest BCUT2D eigenvalue weighted by molar-refractivity contribution is 5.24. The van der Waals surface area contributed by atoms with E-state index in [-0.39, 0.29) is 17.7 Å². The van der Waals surface area contributed by atoms with Crippen molar-refractivity contribution >= 4 is 0 Å². The molecule has 1 aromatic rings. The van der Waals surface area contributed by atoms with Gasteiger partial charge in [-0.05, 0) is 18.6 Å². The first-order valence-electron chi connectivity index (χ1n) is 4.00. The SMILES string of the molecule is N#Cc1cccn(CCCO)c1=O. The summed E-state index contributed by atoms with van der Waals surface area (Å²) >= 11 is 0. The van der Waals surface area contributed by atoms with Crippen molar-refractivity contribution in [3.05, 3.63) is 34.2 Å². The smallest absolute Gasteiger partial charge is 0.268 e. The molecule has 0 aliphatic carbocycles. The third kappa shape index (κ3) is 2.17. The molecule has 0 amide bonds. The van der Waals surface area contributed by atoms with Crippen LogP contribution in [0.1, 0.15) is 12.0 Å². The molecule has 0 fully saturated rings. The average Bonchev–Trinajstić information content (AvgIpc) is 2.16. The number of pyridine rings is 1. The maximum absolute atomic E-state index is 11.4. The lowest BCUT2D eigenvalue weighted by molar-refractivity contribution is 0.279. The molecule has 0 aromatic carbocycles. The summed E-state index contributed by atoms with van der Waals surface area (Å²) < 4.78 is 1.43. The number of aromatic nitrogens is 1. The molecule has 0 saturated heterocycles. The molecule has 1 aromatic heterocycles. The van der Waals surface area contributed by atoms with Gasteiger partial charge in [-0.1, -0.05) is 0 Å². The van der Waals surface area contributed by atoms with E-state index in [1.807, 2.05) is 6.07 Å². The van der Waals surface area contributed by atoms with Crippen LogP contribution in [0.2, 0.25) is 0 Å². The summed E-state index contributed by atoms with van der Waals surface area (Å²) in [4.78, 5) is 11.4. The maximum Gasteiger partial charge on any atom is 0.268 e. The van der Waals surface area contributed by atoms with Gasteiger partial charge in [-0.25, -0.2) is 0 Å². The van der Waals surface area contributed by atoms with Crippen LogP contribution in [0.3, 0.4) is 0 Å². The topological polar surface area (TPSA) is 66.0 Å². The van der Waals surface area contributed by atoms with Crippen LogP contribution in [0.5, 0.6) is 0 Å². The van der Waals surface area contributed by atoms with Crippen LogP contribution in [0.4, 0.5) is 0 Å². The van der Waals surface area contributed by atoms with Gasteiger partial charge in [0.25, 0.3) is 5.56 Å².